The van der Waals surface area contributed by atoms with E-state index in [0.29, 0.717) is 29.0 Å². The van der Waals surface area contributed by atoms with Gasteiger partial charge in [0.05, 0.1) is 21.3 Å². The zero-order valence-electron chi connectivity index (χ0n) is 13.1. The molecule has 2 aromatic rings. The smallest absolute Gasteiger partial charge is 0.345 e. The summed E-state index contributed by atoms with van der Waals surface area (Å²) in [7, 11) is 4.22. The maximum Gasteiger partial charge on any atom is 0.345 e. The van der Waals surface area contributed by atoms with Gasteiger partial charge in [0.25, 0.3) is 0 Å². The first-order valence-electron chi connectivity index (χ1n) is 6.70. The molecular weight excluding hydrogens is 300 g/mol. The van der Waals surface area contributed by atoms with Crippen molar-refractivity contribution in [1.82, 2.24) is 9.97 Å². The van der Waals surface area contributed by atoms with Crippen LogP contribution in [0.4, 0.5) is 11.8 Å². The van der Waals surface area contributed by atoms with Crippen molar-refractivity contribution in [1.29, 1.82) is 0 Å². The fourth-order valence-electron chi connectivity index (χ4n) is 2.22. The molecule has 0 unspecified atom stereocenters. The molecule has 0 aliphatic carbocycles. The molecule has 1 aromatic carbocycles. The van der Waals surface area contributed by atoms with E-state index in [-0.39, 0.29) is 17.3 Å². The summed E-state index contributed by atoms with van der Waals surface area (Å²) in [6.45, 7) is 0. The fourth-order valence-corrected chi connectivity index (χ4v) is 2.22. The minimum Gasteiger partial charge on any atom is -0.496 e. The molecule has 122 valence electrons. The lowest BCUT2D eigenvalue weighted by Gasteiger charge is -2.16. The van der Waals surface area contributed by atoms with Crippen LogP contribution in [-0.4, -0.2) is 37.3 Å². The molecule has 2 rings (SSSR count). The van der Waals surface area contributed by atoms with Gasteiger partial charge in [-0.05, 0) is 11.6 Å². The number of methoxy groups -OCH3 is 3. The standard InChI is InChI=1S/C15H18N4O4/c1-21-10-5-4-8(12(22-2)11(10)14(20)23-3)6-9-7-18-15(17)19-13(9)16/h4-5,7H,6H2,1-3H3,(H4,16,17,18,19). The second kappa shape index (κ2) is 6.82. The number of rotatable bonds is 5. The van der Waals surface area contributed by atoms with Crippen molar-refractivity contribution >= 4 is 17.7 Å². The third-order valence-corrected chi connectivity index (χ3v) is 3.31. The third kappa shape index (κ3) is 3.25. The lowest BCUT2D eigenvalue weighted by atomic mass is 10.0. The first-order chi connectivity index (χ1) is 11.0. The molecule has 8 nitrogen and oxygen atoms in total. The van der Waals surface area contributed by atoms with Crippen LogP contribution in [0.3, 0.4) is 0 Å². The highest BCUT2D eigenvalue weighted by Gasteiger charge is 2.22. The summed E-state index contributed by atoms with van der Waals surface area (Å²) in [5.74, 6) is 0.534. The number of carbonyl (C=O) groups excluding carboxylic acids is 1. The molecule has 0 bridgehead atoms. The molecule has 0 saturated heterocycles. The Morgan fingerprint density at radius 2 is 1.87 bits per heavy atom. The van der Waals surface area contributed by atoms with Crippen LogP contribution in [0.5, 0.6) is 11.5 Å². The van der Waals surface area contributed by atoms with Crippen LogP contribution in [0.15, 0.2) is 18.3 Å². The second-order valence-electron chi connectivity index (χ2n) is 4.64. The maximum atomic E-state index is 12.0. The summed E-state index contributed by atoms with van der Waals surface area (Å²) in [4.78, 5) is 19.9. The number of nitrogens with zero attached hydrogens (tertiary/aromatic N) is 2. The number of anilines is 2. The molecular formula is C15H18N4O4. The van der Waals surface area contributed by atoms with E-state index in [4.69, 9.17) is 25.7 Å². The van der Waals surface area contributed by atoms with Crippen LogP contribution >= 0.6 is 0 Å². The molecule has 4 N–H and O–H groups in total. The van der Waals surface area contributed by atoms with E-state index in [9.17, 15) is 4.79 Å². The Bertz CT molecular complexity index is 734. The van der Waals surface area contributed by atoms with Gasteiger partial charge in [-0.3, -0.25) is 0 Å². The van der Waals surface area contributed by atoms with Crippen LogP contribution in [0.2, 0.25) is 0 Å². The van der Waals surface area contributed by atoms with Gasteiger partial charge in [-0.25, -0.2) is 9.78 Å². The van der Waals surface area contributed by atoms with Crippen LogP contribution in [0.25, 0.3) is 0 Å². The minimum absolute atomic E-state index is 0.100. The van der Waals surface area contributed by atoms with Crippen LogP contribution < -0.4 is 20.9 Å². The monoisotopic (exact) mass is 318 g/mol. The van der Waals surface area contributed by atoms with E-state index >= 15 is 0 Å². The first-order valence-corrected chi connectivity index (χ1v) is 6.70. The Balaban J connectivity index is 2.52. The van der Waals surface area contributed by atoms with Gasteiger partial charge >= 0.3 is 5.97 Å². The summed E-state index contributed by atoms with van der Waals surface area (Å²) in [5.41, 5.74) is 12.9. The van der Waals surface area contributed by atoms with Gasteiger partial charge in [0.2, 0.25) is 5.95 Å². The summed E-state index contributed by atoms with van der Waals surface area (Å²) < 4.78 is 15.4. The lowest BCUT2D eigenvalue weighted by Crippen LogP contribution is -2.10. The molecule has 8 heteroatoms. The van der Waals surface area contributed by atoms with Crippen molar-refractivity contribution in [2.75, 3.05) is 32.8 Å². The van der Waals surface area contributed by atoms with Crippen molar-refractivity contribution in [3.05, 3.63) is 35.0 Å². The molecule has 0 radical (unpaired) electrons. The highest BCUT2D eigenvalue weighted by molar-refractivity contribution is 5.96. The first kappa shape index (κ1) is 16.3. The average molecular weight is 318 g/mol. The molecule has 0 aliphatic rings. The molecule has 0 aliphatic heterocycles. The van der Waals surface area contributed by atoms with Gasteiger partial charge < -0.3 is 25.7 Å². The highest BCUT2D eigenvalue weighted by Crippen LogP contribution is 2.34. The molecule has 0 spiro atoms. The van der Waals surface area contributed by atoms with E-state index < -0.39 is 5.97 Å². The number of hydrogen-bond acceptors (Lipinski definition) is 8. The Morgan fingerprint density at radius 3 is 2.43 bits per heavy atom. The number of benzene rings is 1. The Morgan fingerprint density at radius 1 is 1.13 bits per heavy atom. The highest BCUT2D eigenvalue weighted by atomic mass is 16.5. The number of nitrogens with two attached hydrogens (primary N) is 2. The Kier molecular flexibility index (Phi) is 4.85. The average Bonchev–Trinajstić information content (AvgIpc) is 2.55. The summed E-state index contributed by atoms with van der Waals surface area (Å²) in [5, 5.41) is 0. The molecule has 0 atom stereocenters. The largest absolute Gasteiger partial charge is 0.496 e. The normalized spacial score (nSPS) is 10.2. The number of aromatic nitrogens is 2. The predicted molar refractivity (Wildman–Crippen MR) is 84.5 cm³/mol. The van der Waals surface area contributed by atoms with Crippen molar-refractivity contribution in [3.63, 3.8) is 0 Å². The maximum absolute atomic E-state index is 12.0. The van der Waals surface area contributed by atoms with E-state index in [2.05, 4.69) is 9.97 Å². The van der Waals surface area contributed by atoms with E-state index in [0.717, 1.165) is 0 Å². The molecule has 0 saturated carbocycles. The molecule has 1 aromatic heterocycles. The quantitative estimate of drug-likeness (QED) is 0.784. The predicted octanol–water partition coefficient (Wildman–Crippen LogP) is 1.04. The van der Waals surface area contributed by atoms with Gasteiger partial charge in [-0.2, -0.15) is 4.98 Å². The Labute approximate surface area is 133 Å². The molecule has 0 fully saturated rings. The van der Waals surface area contributed by atoms with E-state index in [1.165, 1.54) is 21.3 Å². The number of hydrogen-bond donors (Lipinski definition) is 2. The number of carbonyl (C=O) groups is 1. The van der Waals surface area contributed by atoms with Crippen LogP contribution in [0.1, 0.15) is 21.5 Å². The molecule has 23 heavy (non-hydrogen) atoms. The van der Waals surface area contributed by atoms with Gasteiger partial charge in [0.15, 0.2) is 0 Å². The van der Waals surface area contributed by atoms with Gasteiger partial charge in [0.1, 0.15) is 22.9 Å². The number of esters is 1. The van der Waals surface area contributed by atoms with Crippen molar-refractivity contribution in [2.45, 2.75) is 6.42 Å². The van der Waals surface area contributed by atoms with Gasteiger partial charge in [-0.1, -0.05) is 6.07 Å². The van der Waals surface area contributed by atoms with E-state index in [1.807, 2.05) is 0 Å². The van der Waals surface area contributed by atoms with Crippen molar-refractivity contribution < 1.29 is 19.0 Å². The third-order valence-electron chi connectivity index (χ3n) is 3.31. The number of ether oxygens (including phenoxy) is 3. The Hall–Kier alpha value is -3.03. The van der Waals surface area contributed by atoms with Gasteiger partial charge in [-0.15, -0.1) is 0 Å². The molecule has 0 amide bonds. The zero-order chi connectivity index (χ0) is 17.0. The van der Waals surface area contributed by atoms with Gasteiger partial charge in [0, 0.05) is 18.2 Å². The molecule has 1 heterocycles. The fraction of sp³-hybridized carbons (Fsp3) is 0.267. The second-order valence-corrected chi connectivity index (χ2v) is 4.64. The van der Waals surface area contributed by atoms with Crippen LogP contribution in [-0.2, 0) is 11.2 Å². The number of nitrogen functional groups attached to an aromatic ring is 2. The summed E-state index contributed by atoms with van der Waals surface area (Å²) in [6, 6.07) is 3.44. The minimum atomic E-state index is -0.554. The van der Waals surface area contributed by atoms with E-state index in [1.54, 1.807) is 18.3 Å². The summed E-state index contributed by atoms with van der Waals surface area (Å²) in [6.07, 6.45) is 1.91. The SMILES string of the molecule is COC(=O)c1c(OC)ccc(Cc2cnc(N)nc2N)c1OC. The lowest BCUT2D eigenvalue weighted by molar-refractivity contribution is 0.0593. The summed E-state index contributed by atoms with van der Waals surface area (Å²) >= 11 is 0. The van der Waals surface area contributed by atoms with Crippen LogP contribution in [0, 0.1) is 0 Å². The van der Waals surface area contributed by atoms with Crippen molar-refractivity contribution in [2.24, 2.45) is 0 Å². The topological polar surface area (TPSA) is 123 Å². The van der Waals surface area contributed by atoms with Crippen molar-refractivity contribution in [3.8, 4) is 11.5 Å². The zero-order valence-corrected chi connectivity index (χ0v) is 13.1.